The van der Waals surface area contributed by atoms with E-state index in [1.807, 2.05) is 30.4 Å². The van der Waals surface area contributed by atoms with E-state index < -0.39 is 57.6 Å². The number of carboxylic acids is 1. The number of carboxylic acid groups (broad SMARTS) is 1. The number of unbranched alkanes of at least 4 members (excludes halogenated alkanes) is 1. The summed E-state index contributed by atoms with van der Waals surface area (Å²) in [6.07, 6.45) is 67.2. The maximum absolute atomic E-state index is 12.3. The standard InChI is InChI=1S/C54H80NO10P/c1-3-5-7-9-11-13-15-17-19-21-23-24-25-26-28-30-32-34-36-38-40-42-44-46-53(58)63-47-50(56)48-64-66(61,62)65-49-51(54(59)60)55-52(57)45-43-41-39-37-35-33-31-29-27-22-20-18-16-14-12-10-8-6-4-2/h5-8,11-14,17-20,23-24,26-29,32-35,38-41,50-51,56H,3-4,9-10,15-16,21-22,25,30-31,36-37,42-49H2,1-2H3,(H,55,57)(H,59,60)(H,61,62)/b7-5-,8-6-,13-11-,14-12-,19-17-,20-18-,24-23-,28-26-,29-27-,34-32-,35-33-,40-38-,41-39-. The molecule has 0 saturated carbocycles. The van der Waals surface area contributed by atoms with Gasteiger partial charge in [0, 0.05) is 12.8 Å². The van der Waals surface area contributed by atoms with Gasteiger partial charge < -0.3 is 25.2 Å². The monoisotopic (exact) mass is 934 g/mol. The highest BCUT2D eigenvalue weighted by molar-refractivity contribution is 7.47. The molecule has 0 radical (unpaired) electrons. The van der Waals surface area contributed by atoms with Crippen molar-refractivity contribution in [1.29, 1.82) is 0 Å². The molecule has 0 aromatic rings. The number of phosphoric ester groups is 1. The van der Waals surface area contributed by atoms with Gasteiger partial charge in [-0.3, -0.25) is 18.6 Å². The Morgan fingerprint density at radius 2 is 0.818 bits per heavy atom. The van der Waals surface area contributed by atoms with E-state index in [0.717, 1.165) is 77.0 Å². The quantitative estimate of drug-likeness (QED) is 0.0200. The minimum Gasteiger partial charge on any atom is -0.480 e. The summed E-state index contributed by atoms with van der Waals surface area (Å²) in [5, 5.41) is 21.8. The number of esters is 1. The number of hydrogen-bond donors (Lipinski definition) is 4. The summed E-state index contributed by atoms with van der Waals surface area (Å²) in [5.41, 5.74) is 0. The molecule has 0 heterocycles. The van der Waals surface area contributed by atoms with E-state index in [2.05, 4.69) is 147 Å². The fourth-order valence-electron chi connectivity index (χ4n) is 5.27. The fourth-order valence-corrected chi connectivity index (χ4v) is 6.04. The molecule has 3 unspecified atom stereocenters. The van der Waals surface area contributed by atoms with Crippen LogP contribution < -0.4 is 5.32 Å². The smallest absolute Gasteiger partial charge is 0.472 e. The second-order valence-corrected chi connectivity index (χ2v) is 16.3. The topological polar surface area (TPSA) is 169 Å². The molecule has 366 valence electrons. The lowest BCUT2D eigenvalue weighted by molar-refractivity contribution is -0.147. The third-order valence-electron chi connectivity index (χ3n) is 8.83. The number of amides is 1. The number of nitrogens with one attached hydrogen (secondary N) is 1. The lowest BCUT2D eigenvalue weighted by Crippen LogP contribution is -2.43. The Labute approximate surface area is 396 Å². The maximum Gasteiger partial charge on any atom is 0.472 e. The molecule has 66 heavy (non-hydrogen) atoms. The minimum atomic E-state index is -4.81. The molecular formula is C54H80NO10P. The van der Waals surface area contributed by atoms with Gasteiger partial charge in [-0.2, -0.15) is 0 Å². The van der Waals surface area contributed by atoms with Crippen LogP contribution in [0.25, 0.3) is 0 Å². The highest BCUT2D eigenvalue weighted by atomic mass is 31.2. The third-order valence-corrected chi connectivity index (χ3v) is 9.78. The summed E-state index contributed by atoms with van der Waals surface area (Å²) >= 11 is 0. The number of ether oxygens (including phenoxy) is 1. The van der Waals surface area contributed by atoms with Gasteiger partial charge in [0.1, 0.15) is 12.7 Å². The van der Waals surface area contributed by atoms with Crippen molar-refractivity contribution in [2.75, 3.05) is 19.8 Å². The van der Waals surface area contributed by atoms with Crippen LogP contribution in [-0.2, 0) is 32.7 Å². The van der Waals surface area contributed by atoms with Crippen LogP contribution in [-0.4, -0.2) is 64.9 Å². The number of carbonyl (C=O) groups excluding carboxylic acids is 2. The third kappa shape index (κ3) is 45.7. The van der Waals surface area contributed by atoms with E-state index in [0.29, 0.717) is 25.7 Å². The van der Waals surface area contributed by atoms with Crippen molar-refractivity contribution in [2.45, 2.75) is 142 Å². The van der Waals surface area contributed by atoms with Gasteiger partial charge in [0.2, 0.25) is 5.91 Å². The number of rotatable bonds is 41. The molecule has 3 atom stereocenters. The van der Waals surface area contributed by atoms with Crippen LogP contribution in [0.2, 0.25) is 0 Å². The van der Waals surface area contributed by atoms with E-state index in [-0.39, 0.29) is 12.8 Å². The van der Waals surface area contributed by atoms with Gasteiger partial charge in [-0.05, 0) is 103 Å². The molecule has 0 aliphatic heterocycles. The number of aliphatic hydroxyl groups is 1. The van der Waals surface area contributed by atoms with E-state index in [4.69, 9.17) is 13.8 Å². The molecule has 0 fully saturated rings. The van der Waals surface area contributed by atoms with E-state index in [9.17, 15) is 34.1 Å². The van der Waals surface area contributed by atoms with Gasteiger partial charge in [-0.1, -0.05) is 172 Å². The van der Waals surface area contributed by atoms with Crippen molar-refractivity contribution < 1.29 is 47.8 Å². The second kappa shape index (κ2) is 46.6. The van der Waals surface area contributed by atoms with E-state index in [1.165, 1.54) is 0 Å². The minimum absolute atomic E-state index is 0.00587. The second-order valence-electron chi connectivity index (χ2n) is 14.8. The summed E-state index contributed by atoms with van der Waals surface area (Å²) in [5.74, 6) is -2.58. The summed E-state index contributed by atoms with van der Waals surface area (Å²) in [4.78, 5) is 46.0. The van der Waals surface area contributed by atoms with Crippen molar-refractivity contribution in [2.24, 2.45) is 0 Å². The highest BCUT2D eigenvalue weighted by Gasteiger charge is 2.28. The number of allylic oxidation sites excluding steroid dienone is 26. The predicted molar refractivity (Wildman–Crippen MR) is 272 cm³/mol. The van der Waals surface area contributed by atoms with Crippen molar-refractivity contribution in [3.8, 4) is 0 Å². The van der Waals surface area contributed by atoms with Gasteiger partial charge in [0.25, 0.3) is 0 Å². The predicted octanol–water partition coefficient (Wildman–Crippen LogP) is 12.9. The Morgan fingerprint density at radius 3 is 1.18 bits per heavy atom. The molecule has 11 nitrogen and oxygen atoms in total. The number of aliphatic carboxylic acids is 1. The van der Waals surface area contributed by atoms with Crippen LogP contribution in [0.4, 0.5) is 0 Å². The number of hydrogen-bond acceptors (Lipinski definition) is 8. The lowest BCUT2D eigenvalue weighted by atomic mass is 10.2. The van der Waals surface area contributed by atoms with Crippen LogP contribution >= 0.6 is 7.82 Å². The maximum atomic E-state index is 12.3. The first-order valence-electron chi connectivity index (χ1n) is 23.5. The van der Waals surface area contributed by atoms with Crippen molar-refractivity contribution >= 4 is 25.7 Å². The summed E-state index contributed by atoms with van der Waals surface area (Å²) in [6, 6.07) is -1.61. The highest BCUT2D eigenvalue weighted by Crippen LogP contribution is 2.43. The molecule has 1 amide bonds. The van der Waals surface area contributed by atoms with Crippen LogP contribution in [0, 0.1) is 0 Å². The number of phosphoric acid groups is 1. The summed E-state index contributed by atoms with van der Waals surface area (Å²) in [6.45, 7) is 2.23. The Kier molecular flexibility index (Phi) is 43.2. The molecule has 4 N–H and O–H groups in total. The SMILES string of the molecule is CC/C=C\C/C=C\C/C=C\C/C=C\C/C=C\C/C=C\C/C=C\CCCC(=O)OCC(O)COP(=O)(O)OCC(NC(=O)CC/C=C\C/C=C\C/C=C\C/C=C\C/C=C\C/C=C\CC)C(=O)O. The Hall–Kier alpha value is -4.90. The first-order valence-corrected chi connectivity index (χ1v) is 25.0. The van der Waals surface area contributed by atoms with Gasteiger partial charge in [-0.25, -0.2) is 9.36 Å². The first-order chi connectivity index (χ1) is 32.1. The molecule has 0 rings (SSSR count). The number of aliphatic hydroxyl groups excluding tert-OH is 1. The zero-order valence-corrected chi connectivity index (χ0v) is 40.6. The normalized spacial score (nSPS) is 15.0. The fraction of sp³-hybridized carbons (Fsp3) is 0.463. The van der Waals surface area contributed by atoms with Crippen LogP contribution in [0.3, 0.4) is 0 Å². The van der Waals surface area contributed by atoms with Crippen molar-refractivity contribution in [1.82, 2.24) is 5.32 Å². The first kappa shape index (κ1) is 61.1. The average Bonchev–Trinajstić information content (AvgIpc) is 3.29. The Morgan fingerprint density at radius 1 is 0.485 bits per heavy atom. The molecule has 12 heteroatoms. The molecule has 0 spiro atoms. The molecule has 0 aromatic heterocycles. The lowest BCUT2D eigenvalue weighted by Gasteiger charge is -2.18. The largest absolute Gasteiger partial charge is 0.480 e. The van der Waals surface area contributed by atoms with Gasteiger partial charge in [-0.15, -0.1) is 0 Å². The van der Waals surface area contributed by atoms with E-state index in [1.54, 1.807) is 0 Å². The van der Waals surface area contributed by atoms with Gasteiger partial charge >= 0.3 is 19.8 Å². The van der Waals surface area contributed by atoms with Gasteiger partial charge in [0.15, 0.2) is 6.04 Å². The molecule has 0 aromatic carbocycles. The zero-order valence-electron chi connectivity index (χ0n) is 39.7. The van der Waals surface area contributed by atoms with Crippen LogP contribution in [0.5, 0.6) is 0 Å². The molecule has 0 aliphatic rings. The zero-order chi connectivity index (χ0) is 48.4. The molecule has 0 bridgehead atoms. The summed E-state index contributed by atoms with van der Waals surface area (Å²) < 4.78 is 26.8. The summed E-state index contributed by atoms with van der Waals surface area (Å²) in [7, 11) is -4.81. The Bertz CT molecular complexity index is 1710. The number of carbonyl (C=O) groups is 3. The van der Waals surface area contributed by atoms with Crippen LogP contribution in [0.1, 0.15) is 129 Å². The Balaban J connectivity index is 4.09. The van der Waals surface area contributed by atoms with E-state index >= 15 is 0 Å². The molecule has 0 saturated heterocycles. The van der Waals surface area contributed by atoms with Gasteiger partial charge in [0.05, 0.1) is 13.2 Å². The van der Waals surface area contributed by atoms with Crippen molar-refractivity contribution in [3.05, 3.63) is 158 Å². The average molecular weight is 934 g/mol. The van der Waals surface area contributed by atoms with Crippen LogP contribution in [0.15, 0.2) is 158 Å². The molecular weight excluding hydrogens is 854 g/mol. The van der Waals surface area contributed by atoms with Crippen molar-refractivity contribution in [3.63, 3.8) is 0 Å². The molecule has 0 aliphatic carbocycles.